The molecule has 4 heteroatoms. The fraction of sp³-hybridized carbons (Fsp3) is 0.875. The van der Waals surface area contributed by atoms with Crippen molar-refractivity contribution in [1.82, 2.24) is 0 Å². The van der Waals surface area contributed by atoms with E-state index in [1.807, 2.05) is 0 Å². The van der Waals surface area contributed by atoms with Crippen molar-refractivity contribution in [2.24, 2.45) is 16.5 Å². The number of guanidine groups is 1. The topological polar surface area (TPSA) is 64.4 Å². The summed E-state index contributed by atoms with van der Waals surface area (Å²) in [6.07, 6.45) is 2.69. The zero-order valence-corrected chi connectivity index (χ0v) is 7.79. The van der Waals surface area contributed by atoms with Gasteiger partial charge in [0.1, 0.15) is 0 Å². The van der Waals surface area contributed by atoms with E-state index in [-0.39, 0.29) is 5.96 Å². The maximum absolute atomic E-state index is 5.24. The van der Waals surface area contributed by atoms with Crippen LogP contribution in [-0.4, -0.2) is 43.7 Å². The van der Waals surface area contributed by atoms with Crippen LogP contribution in [0.5, 0.6) is 0 Å². The minimum absolute atomic E-state index is 0.209. The van der Waals surface area contributed by atoms with Gasteiger partial charge in [-0.1, -0.05) is 0 Å². The molecule has 1 fully saturated rings. The number of likely N-dealkylation sites (N-methyl/N-ethyl adjacent to an activating group) is 1. The predicted molar refractivity (Wildman–Crippen MR) is 50.7 cm³/mol. The lowest BCUT2D eigenvalue weighted by Crippen LogP contribution is -2.43. The molecular formula is C8H19N4+. The Morgan fingerprint density at radius 1 is 1.33 bits per heavy atom. The second-order valence-electron chi connectivity index (χ2n) is 3.80. The first-order chi connectivity index (χ1) is 5.62. The van der Waals surface area contributed by atoms with Gasteiger partial charge in [0.25, 0.3) is 0 Å². The van der Waals surface area contributed by atoms with Crippen LogP contribution in [0.2, 0.25) is 0 Å². The van der Waals surface area contributed by atoms with Crippen molar-refractivity contribution in [2.45, 2.75) is 12.8 Å². The van der Waals surface area contributed by atoms with E-state index >= 15 is 0 Å². The average molecular weight is 171 g/mol. The van der Waals surface area contributed by atoms with Gasteiger partial charge in [0.2, 0.25) is 0 Å². The summed E-state index contributed by atoms with van der Waals surface area (Å²) >= 11 is 0. The highest BCUT2D eigenvalue weighted by atomic mass is 15.3. The monoisotopic (exact) mass is 171 g/mol. The average Bonchev–Trinajstić information content (AvgIpc) is 2.35. The first-order valence-electron chi connectivity index (χ1n) is 4.51. The molecule has 1 heterocycles. The Bertz CT molecular complexity index is 166. The molecule has 0 aromatic carbocycles. The summed E-state index contributed by atoms with van der Waals surface area (Å²) in [6, 6.07) is 0. The molecule has 0 atom stereocenters. The second kappa shape index (κ2) is 3.76. The van der Waals surface area contributed by atoms with E-state index < -0.39 is 0 Å². The number of nitrogens with two attached hydrogens (primary N) is 2. The Kier molecular flexibility index (Phi) is 2.92. The van der Waals surface area contributed by atoms with Crippen molar-refractivity contribution in [1.29, 1.82) is 0 Å². The molecule has 4 N–H and O–H groups in total. The highest BCUT2D eigenvalue weighted by Gasteiger charge is 2.25. The number of hydrogen-bond donors (Lipinski definition) is 2. The Morgan fingerprint density at radius 3 is 2.42 bits per heavy atom. The zero-order valence-electron chi connectivity index (χ0n) is 7.79. The summed E-state index contributed by atoms with van der Waals surface area (Å²) in [4.78, 5) is 3.99. The van der Waals surface area contributed by atoms with Gasteiger partial charge >= 0.3 is 0 Å². The van der Waals surface area contributed by atoms with Gasteiger partial charge in [-0.2, -0.15) is 0 Å². The smallest absolute Gasteiger partial charge is 0.186 e. The molecule has 1 aliphatic heterocycles. The summed E-state index contributed by atoms with van der Waals surface area (Å²) in [5, 5.41) is 0. The molecule has 4 nitrogen and oxygen atoms in total. The lowest BCUT2D eigenvalue weighted by Gasteiger charge is -2.28. The number of nitrogens with zero attached hydrogens (tertiary/aromatic N) is 2. The van der Waals surface area contributed by atoms with Crippen LogP contribution in [0.25, 0.3) is 0 Å². The van der Waals surface area contributed by atoms with Crippen LogP contribution in [0.1, 0.15) is 12.8 Å². The Balaban J connectivity index is 2.26. The quantitative estimate of drug-likeness (QED) is 0.341. The highest BCUT2D eigenvalue weighted by molar-refractivity contribution is 5.75. The van der Waals surface area contributed by atoms with Gasteiger partial charge in [-0.25, -0.2) is 4.99 Å². The lowest BCUT2D eigenvalue weighted by molar-refractivity contribution is -0.896. The van der Waals surface area contributed by atoms with Crippen molar-refractivity contribution < 1.29 is 4.48 Å². The van der Waals surface area contributed by atoms with Crippen LogP contribution in [0.15, 0.2) is 4.99 Å². The van der Waals surface area contributed by atoms with Crippen LogP contribution in [0.3, 0.4) is 0 Å². The summed E-state index contributed by atoms with van der Waals surface area (Å²) in [6.45, 7) is 4.39. The maximum Gasteiger partial charge on any atom is 0.186 e. The fourth-order valence-electron chi connectivity index (χ4n) is 1.74. The Morgan fingerprint density at radius 2 is 1.92 bits per heavy atom. The molecule has 0 aromatic rings. The molecule has 1 aliphatic rings. The van der Waals surface area contributed by atoms with E-state index in [2.05, 4.69) is 12.0 Å². The summed E-state index contributed by atoms with van der Waals surface area (Å²) < 4.78 is 1.14. The zero-order chi connectivity index (χ0) is 9.03. The third-order valence-corrected chi connectivity index (χ3v) is 2.58. The van der Waals surface area contributed by atoms with Crippen molar-refractivity contribution in [3.8, 4) is 0 Å². The van der Waals surface area contributed by atoms with Gasteiger partial charge in [-0.15, -0.1) is 0 Å². The number of rotatable bonds is 3. The summed E-state index contributed by atoms with van der Waals surface area (Å²) in [5.74, 6) is 0.209. The Labute approximate surface area is 73.8 Å². The van der Waals surface area contributed by atoms with Crippen molar-refractivity contribution >= 4 is 5.96 Å². The first-order valence-corrected chi connectivity index (χ1v) is 4.51. The van der Waals surface area contributed by atoms with E-state index in [4.69, 9.17) is 11.5 Å². The standard InChI is InChI=1S/C8H19N4/c1-12(5-2-3-6-12)7-4-11-8(9)10/h2-7H2,1H3,(H4,9,10,11)/q+1. The van der Waals surface area contributed by atoms with Crippen LogP contribution >= 0.6 is 0 Å². The van der Waals surface area contributed by atoms with Crippen LogP contribution in [0.4, 0.5) is 0 Å². The fourth-order valence-corrected chi connectivity index (χ4v) is 1.74. The lowest BCUT2D eigenvalue weighted by atomic mass is 10.4. The predicted octanol–water partition coefficient (Wildman–Crippen LogP) is -0.500. The molecule has 0 unspecified atom stereocenters. The number of aliphatic imine (C=N–C) groups is 1. The van der Waals surface area contributed by atoms with E-state index in [1.165, 1.54) is 25.9 Å². The normalized spacial score (nSPS) is 20.8. The number of likely N-dealkylation sites (tertiary alicyclic amines) is 1. The number of hydrogen-bond acceptors (Lipinski definition) is 1. The van der Waals surface area contributed by atoms with Gasteiger partial charge in [-0.3, -0.25) is 0 Å². The van der Waals surface area contributed by atoms with Crippen LogP contribution in [0, 0.1) is 0 Å². The Hall–Kier alpha value is -0.770. The van der Waals surface area contributed by atoms with Crippen molar-refractivity contribution in [3.63, 3.8) is 0 Å². The van der Waals surface area contributed by atoms with Crippen molar-refractivity contribution in [3.05, 3.63) is 0 Å². The minimum atomic E-state index is 0.209. The number of quaternary nitrogens is 1. The third-order valence-electron chi connectivity index (χ3n) is 2.58. The molecular weight excluding hydrogens is 152 g/mol. The molecule has 12 heavy (non-hydrogen) atoms. The molecule has 1 rings (SSSR count). The van der Waals surface area contributed by atoms with E-state index in [1.54, 1.807) is 0 Å². The van der Waals surface area contributed by atoms with Crippen LogP contribution in [-0.2, 0) is 0 Å². The van der Waals surface area contributed by atoms with E-state index in [9.17, 15) is 0 Å². The molecule has 0 spiro atoms. The molecule has 0 aromatic heterocycles. The first kappa shape index (κ1) is 9.32. The van der Waals surface area contributed by atoms with E-state index in [0.29, 0.717) is 0 Å². The summed E-state index contributed by atoms with van der Waals surface area (Å²) in [5.41, 5.74) is 10.5. The van der Waals surface area contributed by atoms with Gasteiger partial charge < -0.3 is 16.0 Å². The largest absolute Gasteiger partial charge is 0.370 e. The maximum atomic E-state index is 5.24. The highest BCUT2D eigenvalue weighted by Crippen LogP contribution is 2.15. The molecule has 1 saturated heterocycles. The molecule has 70 valence electrons. The minimum Gasteiger partial charge on any atom is -0.370 e. The molecule has 0 bridgehead atoms. The van der Waals surface area contributed by atoms with Crippen LogP contribution < -0.4 is 11.5 Å². The second-order valence-corrected chi connectivity index (χ2v) is 3.80. The molecule has 0 saturated carbocycles. The van der Waals surface area contributed by atoms with Gasteiger partial charge in [0.15, 0.2) is 5.96 Å². The molecule has 0 amide bonds. The SMILES string of the molecule is C[N+]1(CCN=C(N)N)CCCC1. The van der Waals surface area contributed by atoms with E-state index in [0.717, 1.165) is 17.6 Å². The molecule has 0 aliphatic carbocycles. The van der Waals surface area contributed by atoms with Gasteiger partial charge in [0.05, 0.1) is 33.2 Å². The van der Waals surface area contributed by atoms with Gasteiger partial charge in [-0.05, 0) is 0 Å². The molecule has 0 radical (unpaired) electrons. The van der Waals surface area contributed by atoms with Crippen molar-refractivity contribution in [2.75, 3.05) is 33.2 Å². The third kappa shape index (κ3) is 2.70. The summed E-state index contributed by atoms with van der Waals surface area (Å²) in [7, 11) is 2.27. The van der Waals surface area contributed by atoms with Gasteiger partial charge in [0, 0.05) is 12.8 Å².